The molecule has 1 saturated heterocycles. The van der Waals surface area contributed by atoms with Crippen LogP contribution in [0.15, 0.2) is 36.4 Å². The summed E-state index contributed by atoms with van der Waals surface area (Å²) in [6.45, 7) is 1.12. The van der Waals surface area contributed by atoms with Gasteiger partial charge >= 0.3 is 0 Å². The van der Waals surface area contributed by atoms with Crippen molar-refractivity contribution in [1.82, 2.24) is 15.1 Å². The lowest BCUT2D eigenvalue weighted by Gasteiger charge is -2.32. The lowest BCUT2D eigenvalue weighted by Crippen LogP contribution is -2.44. The van der Waals surface area contributed by atoms with Gasteiger partial charge in [0.2, 0.25) is 11.8 Å². The quantitative estimate of drug-likeness (QED) is 0.860. The fourth-order valence-corrected chi connectivity index (χ4v) is 2.64. The van der Waals surface area contributed by atoms with E-state index in [0.29, 0.717) is 30.4 Å². The molecule has 2 aromatic rings. The van der Waals surface area contributed by atoms with E-state index < -0.39 is 0 Å². The second-order valence-corrected chi connectivity index (χ2v) is 5.55. The Kier molecular flexibility index (Phi) is 4.88. The molecule has 126 valence electrons. The molecule has 7 heteroatoms. The number of nitrogens with zero attached hydrogens (tertiary/aromatic N) is 3. The van der Waals surface area contributed by atoms with Gasteiger partial charge in [0.15, 0.2) is 0 Å². The Bertz CT molecular complexity index is 691. The Morgan fingerprint density at radius 2 is 1.88 bits per heavy atom. The molecule has 0 bridgehead atoms. The van der Waals surface area contributed by atoms with Crippen molar-refractivity contribution < 1.29 is 18.7 Å². The van der Waals surface area contributed by atoms with Gasteiger partial charge in [0, 0.05) is 24.2 Å². The first kappa shape index (κ1) is 16.2. The summed E-state index contributed by atoms with van der Waals surface area (Å²) in [5.41, 5.74) is 0.473. The van der Waals surface area contributed by atoms with Gasteiger partial charge in [-0.1, -0.05) is 0 Å². The first-order chi connectivity index (χ1) is 11.7. The monoisotopic (exact) mass is 331 g/mol. The molecule has 6 nitrogen and oxygen atoms in total. The third kappa shape index (κ3) is 3.79. The summed E-state index contributed by atoms with van der Waals surface area (Å²) < 4.78 is 23.7. The number of aromatic nitrogens is 2. The number of likely N-dealkylation sites (tertiary alicyclic amines) is 1. The van der Waals surface area contributed by atoms with Crippen molar-refractivity contribution in [3.05, 3.63) is 47.8 Å². The molecule has 1 atom stereocenters. The van der Waals surface area contributed by atoms with Crippen molar-refractivity contribution in [3.63, 3.8) is 0 Å². The molecule has 0 N–H and O–H groups in total. The minimum Gasteiger partial charge on any atom is -0.480 e. The molecule has 1 aliphatic rings. The Balaban J connectivity index is 1.63. The maximum Gasteiger partial charge on any atom is 0.253 e. The van der Waals surface area contributed by atoms with E-state index in [1.807, 2.05) is 0 Å². The first-order valence-electron chi connectivity index (χ1n) is 7.75. The maximum absolute atomic E-state index is 13.0. The average molecular weight is 331 g/mol. The normalized spacial score (nSPS) is 17.4. The number of rotatable bonds is 4. The number of carbonyl (C=O) groups excluding carboxylic acids is 1. The summed E-state index contributed by atoms with van der Waals surface area (Å²) in [6, 6.07) is 8.93. The number of ether oxygens (including phenoxy) is 2. The zero-order valence-corrected chi connectivity index (χ0v) is 13.3. The number of hydrogen-bond donors (Lipinski definition) is 0. The van der Waals surface area contributed by atoms with Gasteiger partial charge in [-0.2, -0.15) is 0 Å². The smallest absolute Gasteiger partial charge is 0.253 e. The molecule has 1 aromatic heterocycles. The Morgan fingerprint density at radius 3 is 2.54 bits per heavy atom. The van der Waals surface area contributed by atoms with E-state index in [-0.39, 0.29) is 17.8 Å². The van der Waals surface area contributed by atoms with E-state index in [4.69, 9.17) is 9.47 Å². The number of piperidine rings is 1. The third-order valence-corrected chi connectivity index (χ3v) is 3.87. The van der Waals surface area contributed by atoms with Crippen LogP contribution < -0.4 is 9.47 Å². The standard InChI is InChI=1S/C17H18FN3O3/c1-23-15-8-9-16(20-19-15)24-14-3-2-10-21(11-14)17(22)12-4-6-13(18)7-5-12/h4-9,14H,2-3,10-11H2,1H3. The average Bonchev–Trinajstić information content (AvgIpc) is 2.63. The highest BCUT2D eigenvalue weighted by atomic mass is 19.1. The van der Waals surface area contributed by atoms with Gasteiger partial charge in [-0.05, 0) is 37.1 Å². The molecule has 3 rings (SSSR count). The minimum absolute atomic E-state index is 0.121. The highest BCUT2D eigenvalue weighted by Gasteiger charge is 2.26. The molecule has 0 saturated carbocycles. The van der Waals surface area contributed by atoms with Crippen LogP contribution in [0.25, 0.3) is 0 Å². The van der Waals surface area contributed by atoms with Crippen molar-refractivity contribution >= 4 is 5.91 Å². The lowest BCUT2D eigenvalue weighted by atomic mass is 10.1. The molecule has 0 spiro atoms. The van der Waals surface area contributed by atoms with Gasteiger partial charge in [-0.3, -0.25) is 4.79 Å². The van der Waals surface area contributed by atoms with Gasteiger partial charge < -0.3 is 14.4 Å². The van der Waals surface area contributed by atoms with Gasteiger partial charge in [0.1, 0.15) is 11.9 Å². The van der Waals surface area contributed by atoms with Crippen molar-refractivity contribution in [2.24, 2.45) is 0 Å². The molecule has 0 aliphatic carbocycles. The molecule has 0 radical (unpaired) electrons. The predicted octanol–water partition coefficient (Wildman–Crippen LogP) is 2.31. The van der Waals surface area contributed by atoms with Crippen molar-refractivity contribution in [2.75, 3.05) is 20.2 Å². The van der Waals surface area contributed by atoms with Gasteiger partial charge in [0.05, 0.1) is 13.7 Å². The first-order valence-corrected chi connectivity index (χ1v) is 7.75. The van der Waals surface area contributed by atoms with Gasteiger partial charge in [0.25, 0.3) is 5.91 Å². The van der Waals surface area contributed by atoms with Gasteiger partial charge in [-0.15, -0.1) is 10.2 Å². The van der Waals surface area contributed by atoms with Crippen LogP contribution in [-0.2, 0) is 0 Å². The lowest BCUT2D eigenvalue weighted by molar-refractivity contribution is 0.0525. The molecular formula is C17H18FN3O3. The maximum atomic E-state index is 13.0. The van der Waals surface area contributed by atoms with Crippen LogP contribution in [0, 0.1) is 5.82 Å². The number of amides is 1. The van der Waals surface area contributed by atoms with E-state index in [2.05, 4.69) is 10.2 Å². The van der Waals surface area contributed by atoms with Crippen molar-refractivity contribution in [2.45, 2.75) is 18.9 Å². The highest BCUT2D eigenvalue weighted by molar-refractivity contribution is 5.94. The van der Waals surface area contributed by atoms with E-state index >= 15 is 0 Å². The summed E-state index contributed by atoms with van der Waals surface area (Å²) in [5, 5.41) is 7.80. The Hall–Kier alpha value is -2.70. The van der Waals surface area contributed by atoms with Crippen LogP contribution in [-0.4, -0.2) is 47.3 Å². The molecule has 1 amide bonds. The van der Waals surface area contributed by atoms with Crippen LogP contribution in [0.4, 0.5) is 4.39 Å². The van der Waals surface area contributed by atoms with E-state index in [9.17, 15) is 9.18 Å². The van der Waals surface area contributed by atoms with E-state index in [1.165, 1.54) is 31.4 Å². The van der Waals surface area contributed by atoms with Crippen LogP contribution >= 0.6 is 0 Å². The summed E-state index contributed by atoms with van der Waals surface area (Å²) in [5.74, 6) is 0.338. The Morgan fingerprint density at radius 1 is 1.17 bits per heavy atom. The molecule has 2 heterocycles. The summed E-state index contributed by atoms with van der Waals surface area (Å²) >= 11 is 0. The molecule has 1 aromatic carbocycles. The largest absolute Gasteiger partial charge is 0.480 e. The number of carbonyl (C=O) groups is 1. The molecule has 1 unspecified atom stereocenters. The molecule has 24 heavy (non-hydrogen) atoms. The van der Waals surface area contributed by atoms with Crippen LogP contribution in [0.5, 0.6) is 11.8 Å². The van der Waals surface area contributed by atoms with Gasteiger partial charge in [-0.25, -0.2) is 4.39 Å². The van der Waals surface area contributed by atoms with Crippen LogP contribution in [0.1, 0.15) is 23.2 Å². The molecular weight excluding hydrogens is 313 g/mol. The van der Waals surface area contributed by atoms with E-state index in [0.717, 1.165) is 12.8 Å². The van der Waals surface area contributed by atoms with Crippen molar-refractivity contribution in [3.8, 4) is 11.8 Å². The summed E-state index contributed by atoms with van der Waals surface area (Å²) in [4.78, 5) is 14.2. The minimum atomic E-state index is -0.357. The summed E-state index contributed by atoms with van der Waals surface area (Å²) in [7, 11) is 1.52. The zero-order chi connectivity index (χ0) is 16.9. The number of methoxy groups -OCH3 is 1. The predicted molar refractivity (Wildman–Crippen MR) is 84.5 cm³/mol. The SMILES string of the molecule is COc1ccc(OC2CCCN(C(=O)c3ccc(F)cc3)C2)nn1. The number of benzene rings is 1. The summed E-state index contributed by atoms with van der Waals surface area (Å²) in [6.07, 6.45) is 1.52. The Labute approximate surface area is 139 Å². The van der Waals surface area contributed by atoms with Crippen LogP contribution in [0.2, 0.25) is 0 Å². The van der Waals surface area contributed by atoms with E-state index in [1.54, 1.807) is 17.0 Å². The fourth-order valence-electron chi connectivity index (χ4n) is 2.64. The highest BCUT2D eigenvalue weighted by Crippen LogP contribution is 2.19. The second-order valence-electron chi connectivity index (χ2n) is 5.55. The topological polar surface area (TPSA) is 64.6 Å². The number of halogens is 1. The zero-order valence-electron chi connectivity index (χ0n) is 13.3. The molecule has 1 aliphatic heterocycles. The number of hydrogen-bond acceptors (Lipinski definition) is 5. The third-order valence-electron chi connectivity index (χ3n) is 3.87. The molecule has 1 fully saturated rings. The second kappa shape index (κ2) is 7.25. The fraction of sp³-hybridized carbons (Fsp3) is 0.353. The van der Waals surface area contributed by atoms with Crippen molar-refractivity contribution in [1.29, 1.82) is 0 Å². The van der Waals surface area contributed by atoms with Crippen LogP contribution in [0.3, 0.4) is 0 Å².